The van der Waals surface area contributed by atoms with Crippen LogP contribution in [0.15, 0.2) is 55.0 Å². The van der Waals surface area contributed by atoms with Gasteiger partial charge in [0.05, 0.1) is 5.69 Å². The lowest BCUT2D eigenvalue weighted by Crippen LogP contribution is -2.20. The maximum atomic E-state index is 12.6. The number of pyridine rings is 3. The van der Waals surface area contributed by atoms with E-state index in [0.29, 0.717) is 11.5 Å². The Hall–Kier alpha value is -4.38. The van der Waals surface area contributed by atoms with Gasteiger partial charge in [-0.2, -0.15) is 10.4 Å². The number of hydrogen-bond donors (Lipinski definition) is 1. The normalized spacial score (nSPS) is 10.6. The summed E-state index contributed by atoms with van der Waals surface area (Å²) < 4.78 is 1.70. The fourth-order valence-electron chi connectivity index (χ4n) is 3.60. The Morgan fingerprint density at radius 2 is 1.78 bits per heavy atom. The van der Waals surface area contributed by atoms with E-state index < -0.39 is 0 Å². The summed E-state index contributed by atoms with van der Waals surface area (Å²) >= 11 is 0. The van der Waals surface area contributed by atoms with Crippen LogP contribution in [0.2, 0.25) is 0 Å². The zero-order valence-corrected chi connectivity index (χ0v) is 18.0. The third kappa shape index (κ3) is 4.37. The first kappa shape index (κ1) is 20.9. The molecule has 8 heteroatoms. The lowest BCUT2D eigenvalue weighted by molar-refractivity contribution is -0.117. The summed E-state index contributed by atoms with van der Waals surface area (Å²) in [6.07, 6.45) is 5.01. The standard InChI is InChI=1S/C24H21N7O/c1-15-10-19(7-8-26-15)24-16(2)30-31(17(24)3)14-23(32)29-22-5-4-20(13-28-22)18-6-9-27-21(11-18)12-25/h4-11,13H,14H2,1-3H3,(H,28,29,32). The smallest absolute Gasteiger partial charge is 0.247 e. The highest BCUT2D eigenvalue weighted by molar-refractivity contribution is 5.90. The van der Waals surface area contributed by atoms with Crippen LogP contribution in [-0.4, -0.2) is 30.6 Å². The molecule has 0 saturated carbocycles. The van der Waals surface area contributed by atoms with Gasteiger partial charge in [-0.3, -0.25) is 14.5 Å². The highest BCUT2D eigenvalue weighted by Crippen LogP contribution is 2.27. The first-order valence-corrected chi connectivity index (χ1v) is 10.0. The van der Waals surface area contributed by atoms with Crippen molar-refractivity contribution in [3.63, 3.8) is 0 Å². The fraction of sp³-hybridized carbons (Fsp3) is 0.167. The Bertz CT molecular complexity index is 1330. The van der Waals surface area contributed by atoms with Crippen LogP contribution < -0.4 is 5.32 Å². The molecule has 0 saturated heterocycles. The number of carbonyl (C=O) groups is 1. The van der Waals surface area contributed by atoms with Gasteiger partial charge in [-0.25, -0.2) is 9.97 Å². The number of anilines is 1. The second-order valence-corrected chi connectivity index (χ2v) is 7.41. The number of aromatic nitrogens is 5. The van der Waals surface area contributed by atoms with Crippen molar-refractivity contribution in [1.29, 1.82) is 5.26 Å². The third-order valence-corrected chi connectivity index (χ3v) is 5.10. The SMILES string of the molecule is Cc1cc(-c2c(C)nn(CC(=O)Nc3ccc(-c4ccnc(C#N)c4)cn3)c2C)ccn1. The molecule has 0 unspecified atom stereocenters. The van der Waals surface area contributed by atoms with Crippen LogP contribution in [0.4, 0.5) is 5.82 Å². The maximum absolute atomic E-state index is 12.6. The predicted molar refractivity (Wildman–Crippen MR) is 120 cm³/mol. The molecule has 0 radical (unpaired) electrons. The van der Waals surface area contributed by atoms with Gasteiger partial charge in [-0.15, -0.1) is 0 Å². The largest absolute Gasteiger partial charge is 0.309 e. The van der Waals surface area contributed by atoms with E-state index in [0.717, 1.165) is 39.3 Å². The van der Waals surface area contributed by atoms with Gasteiger partial charge in [0.25, 0.3) is 0 Å². The molecular formula is C24H21N7O. The van der Waals surface area contributed by atoms with Gasteiger partial charge >= 0.3 is 0 Å². The number of amides is 1. The maximum Gasteiger partial charge on any atom is 0.247 e. The van der Waals surface area contributed by atoms with Crippen molar-refractivity contribution in [3.8, 4) is 28.3 Å². The van der Waals surface area contributed by atoms with E-state index in [2.05, 4.69) is 25.4 Å². The summed E-state index contributed by atoms with van der Waals surface area (Å²) in [7, 11) is 0. The van der Waals surface area contributed by atoms with Crippen LogP contribution in [-0.2, 0) is 11.3 Å². The zero-order chi connectivity index (χ0) is 22.7. The lowest BCUT2D eigenvalue weighted by Gasteiger charge is -2.08. The highest BCUT2D eigenvalue weighted by atomic mass is 16.2. The van der Waals surface area contributed by atoms with Crippen molar-refractivity contribution < 1.29 is 4.79 Å². The van der Waals surface area contributed by atoms with Crippen molar-refractivity contribution in [2.75, 3.05) is 5.32 Å². The van der Waals surface area contributed by atoms with Crippen LogP contribution in [0, 0.1) is 32.1 Å². The van der Waals surface area contributed by atoms with Gasteiger partial charge in [-0.1, -0.05) is 0 Å². The quantitative estimate of drug-likeness (QED) is 0.522. The minimum absolute atomic E-state index is 0.0794. The zero-order valence-electron chi connectivity index (χ0n) is 18.0. The fourth-order valence-corrected chi connectivity index (χ4v) is 3.60. The van der Waals surface area contributed by atoms with Crippen LogP contribution in [0.3, 0.4) is 0 Å². The molecule has 0 bridgehead atoms. The van der Waals surface area contributed by atoms with E-state index in [1.165, 1.54) is 0 Å². The Morgan fingerprint density at radius 1 is 1.00 bits per heavy atom. The van der Waals surface area contributed by atoms with Crippen LogP contribution in [0.1, 0.15) is 22.8 Å². The molecule has 4 aromatic rings. The first-order valence-electron chi connectivity index (χ1n) is 10.0. The molecule has 0 aromatic carbocycles. The van der Waals surface area contributed by atoms with E-state index in [9.17, 15) is 4.79 Å². The molecule has 4 rings (SSSR count). The summed E-state index contributed by atoms with van der Waals surface area (Å²) in [4.78, 5) is 25.2. The van der Waals surface area contributed by atoms with E-state index in [-0.39, 0.29) is 12.5 Å². The van der Waals surface area contributed by atoms with Crippen LogP contribution in [0.25, 0.3) is 22.3 Å². The molecule has 0 aliphatic heterocycles. The number of nitrogens with zero attached hydrogens (tertiary/aromatic N) is 6. The van der Waals surface area contributed by atoms with Gasteiger partial charge in [-0.05, 0) is 68.3 Å². The monoisotopic (exact) mass is 423 g/mol. The van der Waals surface area contributed by atoms with Crippen molar-refractivity contribution in [1.82, 2.24) is 24.7 Å². The molecule has 8 nitrogen and oxygen atoms in total. The molecule has 158 valence electrons. The molecule has 1 N–H and O–H groups in total. The third-order valence-electron chi connectivity index (χ3n) is 5.10. The number of nitrogens with one attached hydrogen (secondary N) is 1. The van der Waals surface area contributed by atoms with E-state index in [1.807, 2.05) is 45.0 Å². The lowest BCUT2D eigenvalue weighted by atomic mass is 10.0. The summed E-state index contributed by atoms with van der Waals surface area (Å²) in [5.41, 5.74) is 6.76. The van der Waals surface area contributed by atoms with Gasteiger partial charge in [0.1, 0.15) is 24.1 Å². The van der Waals surface area contributed by atoms with Gasteiger partial charge < -0.3 is 5.32 Å². The Balaban J connectivity index is 1.47. The summed E-state index contributed by atoms with van der Waals surface area (Å²) in [6, 6.07) is 13.0. The molecule has 0 spiro atoms. The van der Waals surface area contributed by atoms with E-state index >= 15 is 0 Å². The Kier molecular flexibility index (Phi) is 5.73. The molecule has 4 aromatic heterocycles. The molecule has 32 heavy (non-hydrogen) atoms. The summed E-state index contributed by atoms with van der Waals surface area (Å²) in [6.45, 7) is 5.91. The topological polar surface area (TPSA) is 109 Å². The number of nitriles is 1. The number of hydrogen-bond acceptors (Lipinski definition) is 6. The molecule has 0 fully saturated rings. The highest BCUT2D eigenvalue weighted by Gasteiger charge is 2.16. The average molecular weight is 423 g/mol. The first-order chi connectivity index (χ1) is 15.4. The second-order valence-electron chi connectivity index (χ2n) is 7.41. The number of carbonyl (C=O) groups excluding carboxylic acids is 1. The summed E-state index contributed by atoms with van der Waals surface area (Å²) in [5.74, 6) is 0.226. The van der Waals surface area contributed by atoms with Crippen LogP contribution >= 0.6 is 0 Å². The van der Waals surface area contributed by atoms with Gasteiger partial charge in [0, 0.05) is 41.1 Å². The molecule has 1 amide bonds. The van der Waals surface area contributed by atoms with E-state index in [1.54, 1.807) is 41.5 Å². The van der Waals surface area contributed by atoms with Crippen LogP contribution in [0.5, 0.6) is 0 Å². The summed E-state index contributed by atoms with van der Waals surface area (Å²) in [5, 5.41) is 16.4. The van der Waals surface area contributed by atoms with Crippen molar-refractivity contribution >= 4 is 11.7 Å². The molecule has 4 heterocycles. The minimum Gasteiger partial charge on any atom is -0.309 e. The average Bonchev–Trinajstić information content (AvgIpc) is 3.06. The van der Waals surface area contributed by atoms with Gasteiger partial charge in [0.15, 0.2) is 0 Å². The second kappa shape index (κ2) is 8.78. The van der Waals surface area contributed by atoms with E-state index in [4.69, 9.17) is 5.26 Å². The van der Waals surface area contributed by atoms with Crippen molar-refractivity contribution in [2.24, 2.45) is 0 Å². The van der Waals surface area contributed by atoms with Crippen molar-refractivity contribution in [3.05, 3.63) is 77.8 Å². The predicted octanol–water partition coefficient (Wildman–Crippen LogP) is 3.84. The molecule has 0 atom stereocenters. The number of aryl methyl sites for hydroxylation is 2. The Morgan fingerprint density at radius 3 is 2.50 bits per heavy atom. The van der Waals surface area contributed by atoms with Crippen molar-refractivity contribution in [2.45, 2.75) is 27.3 Å². The Labute approximate surface area is 185 Å². The molecule has 0 aliphatic rings. The molecular weight excluding hydrogens is 402 g/mol. The number of rotatable bonds is 5. The molecule has 0 aliphatic carbocycles. The minimum atomic E-state index is -0.219. The van der Waals surface area contributed by atoms with Gasteiger partial charge in [0.2, 0.25) is 5.91 Å².